The predicted octanol–water partition coefficient (Wildman–Crippen LogP) is 1.31. The minimum atomic E-state index is -0.922. The normalized spacial score (nSPS) is 14.1. The number of benzene rings is 1. The van der Waals surface area contributed by atoms with Gasteiger partial charge in [-0.3, -0.25) is 30.3 Å². The number of amides is 4. The maximum absolute atomic E-state index is 11.7. The van der Waals surface area contributed by atoms with Gasteiger partial charge in [0.05, 0.1) is 10.5 Å². The van der Waals surface area contributed by atoms with Crippen LogP contribution >= 0.6 is 0 Å². The van der Waals surface area contributed by atoms with Gasteiger partial charge < -0.3 is 9.52 Å². The Balaban J connectivity index is 1.96. The van der Waals surface area contributed by atoms with Gasteiger partial charge in [0, 0.05) is 12.1 Å². The minimum absolute atomic E-state index is 0.0755. The van der Waals surface area contributed by atoms with Gasteiger partial charge in [-0.05, 0) is 24.3 Å². The summed E-state index contributed by atoms with van der Waals surface area (Å²) in [7, 11) is 0. The van der Waals surface area contributed by atoms with Gasteiger partial charge in [-0.2, -0.15) is 0 Å². The summed E-state index contributed by atoms with van der Waals surface area (Å²) in [5.41, 5.74) is -0.510. The van der Waals surface area contributed by atoms with Crippen LogP contribution in [0.2, 0.25) is 0 Å². The zero-order chi connectivity index (χ0) is 18.1. The molecule has 1 aliphatic heterocycles. The van der Waals surface area contributed by atoms with Crippen molar-refractivity contribution < 1.29 is 28.8 Å². The third-order valence-electron chi connectivity index (χ3n) is 3.31. The number of nitro benzene ring substituents is 1. The summed E-state index contributed by atoms with van der Waals surface area (Å²) in [5, 5.41) is 24.5. The Morgan fingerprint density at radius 2 is 1.76 bits per heavy atom. The molecule has 10 heteroatoms. The molecule has 126 valence electrons. The molecule has 1 fully saturated rings. The lowest BCUT2D eigenvalue weighted by Crippen LogP contribution is -2.51. The molecule has 4 amide bonds. The second-order valence-electron chi connectivity index (χ2n) is 4.96. The average molecular weight is 343 g/mol. The molecule has 0 radical (unpaired) electrons. The van der Waals surface area contributed by atoms with E-state index in [1.807, 2.05) is 10.6 Å². The smallest absolute Gasteiger partial charge is 0.328 e. The predicted molar refractivity (Wildman–Crippen MR) is 82.1 cm³/mol. The van der Waals surface area contributed by atoms with Crippen molar-refractivity contribution in [3.05, 3.63) is 51.8 Å². The molecule has 0 unspecified atom stereocenters. The molecule has 2 heterocycles. The van der Waals surface area contributed by atoms with E-state index in [-0.39, 0.29) is 34.1 Å². The first-order chi connectivity index (χ1) is 11.8. The summed E-state index contributed by atoms with van der Waals surface area (Å²) >= 11 is 0. The van der Waals surface area contributed by atoms with E-state index in [0.29, 0.717) is 0 Å². The molecule has 25 heavy (non-hydrogen) atoms. The fourth-order valence-corrected chi connectivity index (χ4v) is 2.16. The second-order valence-corrected chi connectivity index (χ2v) is 4.96. The standard InChI is InChI=1S/C15H9N3O7/c19-11-3-1-7(18(23)24)5-9(11)12-4-2-8(25-12)6-10-13(20)16-15(22)17-14(10)21/h1-6,19H,(H2,16,17,20,21,22). The Bertz CT molecular complexity index is 936. The van der Waals surface area contributed by atoms with Crippen LogP contribution in [0.5, 0.6) is 5.75 Å². The van der Waals surface area contributed by atoms with Crippen molar-refractivity contribution in [2.45, 2.75) is 0 Å². The molecule has 0 spiro atoms. The number of furan rings is 1. The molecule has 3 rings (SSSR count). The molecule has 0 atom stereocenters. The number of nitrogens with zero attached hydrogens (tertiary/aromatic N) is 1. The zero-order valence-electron chi connectivity index (χ0n) is 12.3. The van der Waals surface area contributed by atoms with Crippen molar-refractivity contribution in [1.29, 1.82) is 0 Å². The van der Waals surface area contributed by atoms with Crippen molar-refractivity contribution >= 4 is 29.6 Å². The van der Waals surface area contributed by atoms with Crippen LogP contribution in [0.1, 0.15) is 5.76 Å². The largest absolute Gasteiger partial charge is 0.507 e. The molecule has 1 saturated heterocycles. The molecular weight excluding hydrogens is 334 g/mol. The summed E-state index contributed by atoms with van der Waals surface area (Å²) in [6.07, 6.45) is 1.11. The number of barbiturate groups is 1. The van der Waals surface area contributed by atoms with Crippen LogP contribution in [0.4, 0.5) is 10.5 Å². The van der Waals surface area contributed by atoms with Crippen LogP contribution in [0, 0.1) is 10.1 Å². The molecule has 3 N–H and O–H groups in total. The number of urea groups is 1. The van der Waals surface area contributed by atoms with Crippen LogP contribution in [-0.2, 0) is 9.59 Å². The molecular formula is C15H9N3O7. The number of carbonyl (C=O) groups is 3. The zero-order valence-corrected chi connectivity index (χ0v) is 12.3. The van der Waals surface area contributed by atoms with Gasteiger partial charge in [0.25, 0.3) is 17.5 Å². The fraction of sp³-hybridized carbons (Fsp3) is 0. The number of imide groups is 2. The summed E-state index contributed by atoms with van der Waals surface area (Å²) in [5.74, 6) is -1.83. The first kappa shape index (κ1) is 15.9. The number of phenols is 1. The van der Waals surface area contributed by atoms with Crippen LogP contribution in [0.15, 0.2) is 40.3 Å². The minimum Gasteiger partial charge on any atom is -0.507 e. The van der Waals surface area contributed by atoms with E-state index < -0.39 is 22.8 Å². The molecule has 1 aromatic carbocycles. The third-order valence-corrected chi connectivity index (χ3v) is 3.31. The number of non-ortho nitro benzene ring substituents is 1. The number of carbonyl (C=O) groups excluding carboxylic acids is 3. The van der Waals surface area contributed by atoms with Crippen molar-refractivity contribution in [2.75, 3.05) is 0 Å². The topological polar surface area (TPSA) is 152 Å². The number of phenolic OH excluding ortho intramolecular Hbond substituents is 1. The molecule has 1 aliphatic rings. The summed E-state index contributed by atoms with van der Waals surface area (Å²) < 4.78 is 5.41. The maximum atomic E-state index is 11.7. The molecule has 0 aliphatic carbocycles. The summed E-state index contributed by atoms with van der Waals surface area (Å²) in [4.78, 5) is 44.5. The quantitative estimate of drug-likeness (QED) is 0.329. The van der Waals surface area contributed by atoms with E-state index in [2.05, 4.69) is 0 Å². The maximum Gasteiger partial charge on any atom is 0.328 e. The van der Waals surface area contributed by atoms with Crippen LogP contribution < -0.4 is 10.6 Å². The van der Waals surface area contributed by atoms with Gasteiger partial charge in [0.2, 0.25) is 0 Å². The lowest BCUT2D eigenvalue weighted by atomic mass is 10.1. The third kappa shape index (κ3) is 3.08. The number of rotatable bonds is 3. The van der Waals surface area contributed by atoms with Gasteiger partial charge in [-0.15, -0.1) is 0 Å². The Morgan fingerprint density at radius 3 is 2.40 bits per heavy atom. The number of hydrogen-bond acceptors (Lipinski definition) is 7. The molecule has 1 aromatic heterocycles. The van der Waals surface area contributed by atoms with Crippen LogP contribution in [0.25, 0.3) is 17.4 Å². The highest BCUT2D eigenvalue weighted by Gasteiger charge is 2.28. The SMILES string of the molecule is O=C1NC(=O)C(=Cc2ccc(-c3cc([N+](=O)[O-])ccc3O)o2)C(=O)N1. The Kier molecular flexibility index (Phi) is 3.77. The van der Waals surface area contributed by atoms with E-state index in [1.54, 1.807) is 0 Å². The van der Waals surface area contributed by atoms with Crippen LogP contribution in [0.3, 0.4) is 0 Å². The number of nitro groups is 1. The average Bonchev–Trinajstić information content (AvgIpc) is 2.99. The first-order valence-electron chi connectivity index (χ1n) is 6.81. The Morgan fingerprint density at radius 1 is 1.08 bits per heavy atom. The van der Waals surface area contributed by atoms with E-state index in [1.165, 1.54) is 12.1 Å². The number of nitrogens with one attached hydrogen (secondary N) is 2. The van der Waals surface area contributed by atoms with E-state index in [4.69, 9.17) is 4.42 Å². The van der Waals surface area contributed by atoms with Crippen molar-refractivity contribution in [2.24, 2.45) is 0 Å². The highest BCUT2D eigenvalue weighted by Crippen LogP contribution is 2.34. The lowest BCUT2D eigenvalue weighted by molar-refractivity contribution is -0.384. The first-order valence-corrected chi connectivity index (χ1v) is 6.81. The van der Waals surface area contributed by atoms with Gasteiger partial charge >= 0.3 is 6.03 Å². The van der Waals surface area contributed by atoms with Crippen LogP contribution in [-0.4, -0.2) is 27.9 Å². The van der Waals surface area contributed by atoms with Gasteiger partial charge in [0.15, 0.2) is 0 Å². The molecule has 0 saturated carbocycles. The molecule has 0 bridgehead atoms. The van der Waals surface area contributed by atoms with E-state index in [0.717, 1.165) is 24.3 Å². The van der Waals surface area contributed by atoms with Gasteiger partial charge in [0.1, 0.15) is 22.8 Å². The highest BCUT2D eigenvalue weighted by atomic mass is 16.6. The molecule has 10 nitrogen and oxygen atoms in total. The highest BCUT2D eigenvalue weighted by molar-refractivity contribution is 6.31. The van der Waals surface area contributed by atoms with Crippen molar-refractivity contribution in [3.63, 3.8) is 0 Å². The number of aromatic hydroxyl groups is 1. The van der Waals surface area contributed by atoms with Crippen molar-refractivity contribution in [1.82, 2.24) is 10.6 Å². The van der Waals surface area contributed by atoms with Gasteiger partial charge in [-0.1, -0.05) is 0 Å². The van der Waals surface area contributed by atoms with E-state index >= 15 is 0 Å². The second kappa shape index (κ2) is 5.92. The number of hydrogen-bond donors (Lipinski definition) is 3. The Labute approximate surface area is 138 Å². The Hall–Kier alpha value is -3.95. The lowest BCUT2D eigenvalue weighted by Gasteiger charge is -2.13. The summed E-state index contributed by atoms with van der Waals surface area (Å²) in [6, 6.07) is 5.31. The molecule has 2 aromatic rings. The van der Waals surface area contributed by atoms with Gasteiger partial charge in [-0.25, -0.2) is 4.79 Å². The monoisotopic (exact) mass is 343 g/mol. The fourth-order valence-electron chi connectivity index (χ4n) is 2.16. The summed E-state index contributed by atoms with van der Waals surface area (Å²) in [6.45, 7) is 0. The van der Waals surface area contributed by atoms with Crippen molar-refractivity contribution in [3.8, 4) is 17.1 Å². The van der Waals surface area contributed by atoms with E-state index in [9.17, 15) is 29.6 Å².